The van der Waals surface area contributed by atoms with Gasteiger partial charge >= 0.3 is 6.09 Å². The topological polar surface area (TPSA) is 184 Å². The van der Waals surface area contributed by atoms with Crippen molar-refractivity contribution in [2.75, 3.05) is 26.2 Å². The number of ether oxygens (including phenoxy) is 2. The van der Waals surface area contributed by atoms with Crippen molar-refractivity contribution in [3.63, 3.8) is 0 Å². The molecule has 0 aliphatic carbocycles. The highest BCUT2D eigenvalue weighted by molar-refractivity contribution is 5.92. The van der Waals surface area contributed by atoms with Crippen LogP contribution < -0.4 is 21.3 Å². The zero-order valence-corrected chi connectivity index (χ0v) is 32.5. The molecule has 0 unspecified atom stereocenters. The van der Waals surface area contributed by atoms with Gasteiger partial charge in [-0.2, -0.15) is 0 Å². The highest BCUT2D eigenvalue weighted by Gasteiger charge is 2.27. The van der Waals surface area contributed by atoms with Gasteiger partial charge in [0.25, 0.3) is 0 Å². The molecule has 13 heteroatoms. The summed E-state index contributed by atoms with van der Waals surface area (Å²) in [6.07, 6.45) is 9.61. The normalized spacial score (nSPS) is 11.7. The van der Waals surface area contributed by atoms with E-state index >= 15 is 0 Å². The Labute approximate surface area is 331 Å². The van der Waals surface area contributed by atoms with Gasteiger partial charge in [0.2, 0.25) is 17.7 Å². The lowest BCUT2D eigenvalue weighted by atomic mass is 10.1. The molecule has 0 bridgehead atoms. The predicted molar refractivity (Wildman–Crippen MR) is 217 cm³/mol. The van der Waals surface area contributed by atoms with Crippen molar-refractivity contribution in [2.45, 2.75) is 109 Å². The zero-order chi connectivity index (χ0) is 39.9. The van der Waals surface area contributed by atoms with Crippen LogP contribution in [0, 0.1) is 0 Å². The number of benzene rings is 3. The highest BCUT2D eigenvalue weighted by atomic mass is 16.5. The number of nitrogens with one attached hydrogen (secondary N) is 4. The first-order chi connectivity index (χ1) is 27.4. The van der Waals surface area contributed by atoms with Gasteiger partial charge in [0.05, 0.1) is 13.2 Å². The van der Waals surface area contributed by atoms with Gasteiger partial charge in [-0.15, -0.1) is 0 Å². The average Bonchev–Trinajstić information content (AvgIpc) is 3.22. The lowest BCUT2D eigenvalue weighted by Crippen LogP contribution is -2.55. The largest absolute Gasteiger partial charge is 0.445 e. The molecule has 0 aliphatic rings. The van der Waals surface area contributed by atoms with Crippen LogP contribution in [0.4, 0.5) is 4.79 Å². The van der Waals surface area contributed by atoms with Gasteiger partial charge in [-0.25, -0.2) is 4.79 Å². The fourth-order valence-electron chi connectivity index (χ4n) is 5.97. The van der Waals surface area contributed by atoms with Crippen molar-refractivity contribution in [1.29, 1.82) is 0 Å². The Morgan fingerprint density at radius 1 is 0.607 bits per heavy atom. The van der Waals surface area contributed by atoms with Gasteiger partial charge in [0.15, 0.2) is 0 Å². The molecule has 0 aliphatic heterocycles. The Morgan fingerprint density at radius 2 is 1.20 bits per heavy atom. The Kier molecular flexibility index (Phi) is 23.3. The molecule has 56 heavy (non-hydrogen) atoms. The van der Waals surface area contributed by atoms with Crippen molar-refractivity contribution < 1.29 is 28.7 Å². The highest BCUT2D eigenvalue weighted by Crippen LogP contribution is 2.11. The second kappa shape index (κ2) is 29.0. The molecule has 3 aromatic carbocycles. The summed E-state index contributed by atoms with van der Waals surface area (Å²) in [4.78, 5) is 55.3. The molecule has 13 nitrogen and oxygen atoms in total. The van der Waals surface area contributed by atoms with Crippen LogP contribution in [0.25, 0.3) is 10.4 Å². The summed E-state index contributed by atoms with van der Waals surface area (Å²) in [6, 6.07) is 26.9. The van der Waals surface area contributed by atoms with Crippen LogP contribution in [0.15, 0.2) is 96.1 Å². The van der Waals surface area contributed by atoms with E-state index in [9.17, 15) is 19.2 Å². The van der Waals surface area contributed by atoms with Crippen LogP contribution in [0.1, 0.15) is 93.7 Å². The summed E-state index contributed by atoms with van der Waals surface area (Å²) in [6.45, 7) is 1.63. The maximum Gasteiger partial charge on any atom is 0.407 e. The lowest BCUT2D eigenvalue weighted by Gasteiger charge is -2.23. The van der Waals surface area contributed by atoms with E-state index in [0.717, 1.165) is 61.6 Å². The van der Waals surface area contributed by atoms with Gasteiger partial charge in [-0.1, -0.05) is 135 Å². The second-order valence-electron chi connectivity index (χ2n) is 13.7. The minimum absolute atomic E-state index is 0.0660. The molecule has 3 aromatic rings. The molecule has 0 saturated carbocycles. The van der Waals surface area contributed by atoms with E-state index in [1.54, 1.807) is 0 Å². The first-order valence-electron chi connectivity index (χ1n) is 19.9. The van der Waals surface area contributed by atoms with Gasteiger partial charge < -0.3 is 30.7 Å². The fourth-order valence-corrected chi connectivity index (χ4v) is 5.97. The molecule has 4 N–H and O–H groups in total. The molecule has 4 amide bonds. The third-order valence-electron chi connectivity index (χ3n) is 9.11. The fraction of sp³-hybridized carbons (Fsp3) is 0.488. The SMILES string of the molecule is [N-]=[N+]=NCCCCCCCCCCC(=O)N[C@@H](COCc1ccccc1)C(=O)N[C@@H](CCCCNC(=O)OCc1ccccc1)C(=O)NCCc1ccccc1. The molecular formula is C43H59N7O6. The van der Waals surface area contributed by atoms with E-state index in [0.29, 0.717) is 51.7 Å². The number of hydrogen-bond acceptors (Lipinski definition) is 7. The van der Waals surface area contributed by atoms with E-state index in [2.05, 4.69) is 31.3 Å². The monoisotopic (exact) mass is 769 g/mol. The smallest absolute Gasteiger partial charge is 0.407 e. The number of azide groups is 1. The molecule has 0 aromatic heterocycles. The number of alkyl carbamates (subject to hydrolysis) is 1. The van der Waals surface area contributed by atoms with Crippen LogP contribution in [0.5, 0.6) is 0 Å². The minimum atomic E-state index is -1.00. The number of rotatable bonds is 29. The number of amides is 4. The molecule has 2 atom stereocenters. The molecule has 0 fully saturated rings. The Morgan fingerprint density at radius 3 is 1.84 bits per heavy atom. The van der Waals surface area contributed by atoms with Crippen LogP contribution in [0.3, 0.4) is 0 Å². The minimum Gasteiger partial charge on any atom is -0.445 e. The third-order valence-corrected chi connectivity index (χ3v) is 9.11. The summed E-state index contributed by atoms with van der Waals surface area (Å²) in [5.41, 5.74) is 11.3. The quantitative estimate of drug-likeness (QED) is 0.0246. The van der Waals surface area contributed by atoms with Crippen LogP contribution >= 0.6 is 0 Å². The maximum absolute atomic E-state index is 13.8. The van der Waals surface area contributed by atoms with Crippen molar-refractivity contribution >= 4 is 23.8 Å². The summed E-state index contributed by atoms with van der Waals surface area (Å²) in [5, 5.41) is 15.0. The van der Waals surface area contributed by atoms with Gasteiger partial charge in [-0.05, 0) is 60.7 Å². The van der Waals surface area contributed by atoms with Crippen molar-refractivity contribution in [3.8, 4) is 0 Å². The van der Waals surface area contributed by atoms with Gasteiger partial charge in [-0.3, -0.25) is 14.4 Å². The van der Waals surface area contributed by atoms with E-state index in [1.165, 1.54) is 0 Å². The number of unbranched alkanes of at least 4 members (excludes halogenated alkanes) is 8. The molecule has 3 rings (SSSR count). The number of carbonyl (C=O) groups excluding carboxylic acids is 4. The van der Waals surface area contributed by atoms with Gasteiger partial charge in [0, 0.05) is 31.0 Å². The summed E-state index contributed by atoms with van der Waals surface area (Å²) >= 11 is 0. The summed E-state index contributed by atoms with van der Waals surface area (Å²) < 4.78 is 11.2. The standard InChI is InChI=1S/C43H59N7O6/c44-50-47-30-18-6-4-2-1-3-5-16-27-40(51)48-39(34-55-32-36-22-12-8-13-23-36)42(53)49-38(41(52)45-31-28-35-20-10-7-11-21-35)26-17-19-29-46-43(54)56-33-37-24-14-9-15-25-37/h7-15,20-25,38-39H,1-6,16-19,26-34H2,(H,45,52)(H,46,54)(H,48,51)(H,49,53)/t38-,39-/m0/s1. The Bertz CT molecular complexity index is 1590. The molecule has 0 radical (unpaired) electrons. The molecule has 302 valence electrons. The van der Waals surface area contributed by atoms with E-state index < -0.39 is 24.1 Å². The van der Waals surface area contributed by atoms with Gasteiger partial charge in [0.1, 0.15) is 18.7 Å². The van der Waals surface area contributed by atoms with Crippen LogP contribution in [0.2, 0.25) is 0 Å². The Balaban J connectivity index is 1.52. The van der Waals surface area contributed by atoms with Crippen molar-refractivity contribution in [1.82, 2.24) is 21.3 Å². The zero-order valence-electron chi connectivity index (χ0n) is 32.5. The first kappa shape index (κ1) is 45.0. The van der Waals surface area contributed by atoms with E-state index in [1.807, 2.05) is 91.0 Å². The predicted octanol–water partition coefficient (Wildman–Crippen LogP) is 7.45. The van der Waals surface area contributed by atoms with E-state index in [-0.39, 0.29) is 38.1 Å². The number of nitrogens with zero attached hydrogens (tertiary/aromatic N) is 3. The third kappa shape index (κ3) is 20.9. The molecular weight excluding hydrogens is 711 g/mol. The van der Waals surface area contributed by atoms with Crippen molar-refractivity contribution in [3.05, 3.63) is 118 Å². The molecule has 0 spiro atoms. The van der Waals surface area contributed by atoms with Crippen LogP contribution in [-0.2, 0) is 43.5 Å². The Hall–Kier alpha value is -5.39. The number of carbonyl (C=O) groups is 4. The average molecular weight is 770 g/mol. The van der Waals surface area contributed by atoms with Crippen molar-refractivity contribution in [2.24, 2.45) is 5.11 Å². The first-order valence-corrected chi connectivity index (χ1v) is 19.9. The summed E-state index contributed by atoms with van der Waals surface area (Å²) in [5.74, 6) is -1.08. The maximum atomic E-state index is 13.8. The molecule has 0 saturated heterocycles. The number of hydrogen-bond donors (Lipinski definition) is 4. The second-order valence-corrected chi connectivity index (χ2v) is 13.7. The summed E-state index contributed by atoms with van der Waals surface area (Å²) in [7, 11) is 0. The van der Waals surface area contributed by atoms with E-state index in [4.69, 9.17) is 15.0 Å². The lowest BCUT2D eigenvalue weighted by molar-refractivity contribution is -0.133. The molecule has 0 heterocycles. The van der Waals surface area contributed by atoms with Crippen LogP contribution in [-0.4, -0.2) is 62.1 Å².